The van der Waals surface area contributed by atoms with Crippen LogP contribution >= 0.6 is 0 Å². The minimum absolute atomic E-state index is 0.0546. The van der Waals surface area contributed by atoms with E-state index in [0.717, 1.165) is 0 Å². The van der Waals surface area contributed by atoms with E-state index in [9.17, 15) is 9.18 Å². The van der Waals surface area contributed by atoms with Gasteiger partial charge in [0, 0.05) is 24.1 Å². The van der Waals surface area contributed by atoms with Crippen molar-refractivity contribution in [1.82, 2.24) is 15.0 Å². The number of rotatable bonds is 5. The number of carbonyl (C=O) groups excluding carboxylic acids is 1. The molecule has 3 aromatic rings. The van der Waals surface area contributed by atoms with Crippen LogP contribution in [0.3, 0.4) is 0 Å². The molecule has 0 saturated carbocycles. The number of ether oxygens (including phenoxy) is 1. The number of aryl methyl sites for hydroxylation is 1. The molecule has 0 spiro atoms. The van der Waals surface area contributed by atoms with Gasteiger partial charge < -0.3 is 15.8 Å². The van der Waals surface area contributed by atoms with Crippen molar-refractivity contribution in [3.05, 3.63) is 66.0 Å². The lowest BCUT2D eigenvalue weighted by atomic mass is 10.2. The molecule has 2 aromatic heterocycles. The van der Waals surface area contributed by atoms with Crippen molar-refractivity contribution < 1.29 is 13.9 Å². The van der Waals surface area contributed by atoms with E-state index in [4.69, 9.17) is 10.5 Å². The lowest BCUT2D eigenvalue weighted by molar-refractivity contribution is 0.0997. The molecule has 126 valence electrons. The topological polar surface area (TPSA) is 103 Å². The third-order valence-corrected chi connectivity index (χ3v) is 3.22. The molecule has 3 rings (SSSR count). The van der Waals surface area contributed by atoms with Crippen LogP contribution in [0.4, 0.5) is 15.9 Å². The molecule has 1 amide bonds. The molecule has 3 N–H and O–H groups in total. The summed E-state index contributed by atoms with van der Waals surface area (Å²) < 4.78 is 19.7. The normalized spacial score (nSPS) is 10.3. The van der Waals surface area contributed by atoms with Crippen molar-refractivity contribution in [2.24, 2.45) is 5.73 Å². The molecule has 1 aromatic carbocycles. The summed E-state index contributed by atoms with van der Waals surface area (Å²) >= 11 is 0. The summed E-state index contributed by atoms with van der Waals surface area (Å²) in [6.45, 7) is 1.76. The van der Waals surface area contributed by atoms with Crippen LogP contribution in [0.1, 0.15) is 16.2 Å². The Labute approximate surface area is 142 Å². The van der Waals surface area contributed by atoms with Crippen LogP contribution < -0.4 is 15.8 Å². The van der Waals surface area contributed by atoms with Crippen molar-refractivity contribution in [2.75, 3.05) is 5.32 Å². The van der Waals surface area contributed by atoms with E-state index in [1.807, 2.05) is 0 Å². The van der Waals surface area contributed by atoms with Gasteiger partial charge in [0.25, 0.3) is 5.91 Å². The first-order chi connectivity index (χ1) is 12.0. The Morgan fingerprint density at radius 2 is 2.04 bits per heavy atom. The molecule has 0 fully saturated rings. The fourth-order valence-corrected chi connectivity index (χ4v) is 2.10. The highest BCUT2D eigenvalue weighted by Gasteiger charge is 2.13. The first-order valence-electron chi connectivity index (χ1n) is 7.32. The molecule has 2 heterocycles. The minimum atomic E-state index is -0.707. The van der Waals surface area contributed by atoms with Crippen LogP contribution in [0.25, 0.3) is 0 Å². The van der Waals surface area contributed by atoms with Gasteiger partial charge in [-0.25, -0.2) is 19.3 Å². The van der Waals surface area contributed by atoms with Gasteiger partial charge in [0.2, 0.25) is 5.88 Å². The highest BCUT2D eigenvalue weighted by atomic mass is 19.1. The second-order valence-corrected chi connectivity index (χ2v) is 5.08. The van der Waals surface area contributed by atoms with Crippen LogP contribution in [0.5, 0.6) is 11.6 Å². The summed E-state index contributed by atoms with van der Waals surface area (Å²) in [4.78, 5) is 23.5. The first kappa shape index (κ1) is 16.3. The maximum atomic E-state index is 14.3. The number of hydrogen-bond acceptors (Lipinski definition) is 6. The Morgan fingerprint density at radius 3 is 2.76 bits per heavy atom. The standard InChI is InChI=1S/C17H14FN5O2/c1-10-20-8-6-15(22-10)23-11-4-5-14(13(18)9-11)25-17-12(16(19)24)3-2-7-21-17/h2-9H,1H3,(H2,19,24)(H,20,22,23). The van der Waals surface area contributed by atoms with Crippen molar-refractivity contribution in [2.45, 2.75) is 6.92 Å². The molecule has 25 heavy (non-hydrogen) atoms. The largest absolute Gasteiger partial charge is 0.435 e. The number of aromatic nitrogens is 3. The number of nitrogens with two attached hydrogens (primary N) is 1. The average molecular weight is 339 g/mol. The van der Waals surface area contributed by atoms with Crippen molar-refractivity contribution in [3.8, 4) is 11.6 Å². The molecule has 0 aliphatic heterocycles. The average Bonchev–Trinajstić information content (AvgIpc) is 2.58. The SMILES string of the molecule is Cc1nccc(Nc2ccc(Oc3ncccc3C(N)=O)c(F)c2)n1. The third-order valence-electron chi connectivity index (χ3n) is 3.22. The van der Waals surface area contributed by atoms with E-state index >= 15 is 0 Å². The van der Waals surface area contributed by atoms with E-state index < -0.39 is 11.7 Å². The number of hydrogen-bond donors (Lipinski definition) is 2. The van der Waals surface area contributed by atoms with E-state index in [0.29, 0.717) is 17.3 Å². The predicted molar refractivity (Wildman–Crippen MR) is 89.3 cm³/mol. The van der Waals surface area contributed by atoms with E-state index in [2.05, 4.69) is 20.3 Å². The van der Waals surface area contributed by atoms with Crippen LogP contribution in [-0.4, -0.2) is 20.9 Å². The number of nitrogens with zero attached hydrogens (tertiary/aromatic N) is 3. The monoisotopic (exact) mass is 339 g/mol. The molecule has 0 unspecified atom stereocenters. The number of nitrogens with one attached hydrogen (secondary N) is 1. The Hall–Kier alpha value is -3.55. The van der Waals surface area contributed by atoms with Gasteiger partial charge in [-0.1, -0.05) is 0 Å². The highest BCUT2D eigenvalue weighted by Crippen LogP contribution is 2.28. The highest BCUT2D eigenvalue weighted by molar-refractivity contribution is 5.95. The maximum absolute atomic E-state index is 14.3. The van der Waals surface area contributed by atoms with Gasteiger partial charge in [0.05, 0.1) is 0 Å². The molecule has 7 nitrogen and oxygen atoms in total. The lowest BCUT2D eigenvalue weighted by Gasteiger charge is -2.10. The van der Waals surface area contributed by atoms with Crippen molar-refractivity contribution in [1.29, 1.82) is 0 Å². The Balaban J connectivity index is 1.82. The van der Waals surface area contributed by atoms with Gasteiger partial charge in [0.15, 0.2) is 11.6 Å². The first-order valence-corrected chi connectivity index (χ1v) is 7.32. The lowest BCUT2D eigenvalue weighted by Crippen LogP contribution is -2.12. The zero-order chi connectivity index (χ0) is 17.8. The Kier molecular flexibility index (Phi) is 4.51. The molecule has 0 aliphatic rings. The summed E-state index contributed by atoms with van der Waals surface area (Å²) in [5, 5.41) is 2.97. The smallest absolute Gasteiger partial charge is 0.254 e. The molecule has 0 saturated heterocycles. The number of anilines is 2. The van der Waals surface area contributed by atoms with Gasteiger partial charge in [-0.3, -0.25) is 4.79 Å². The van der Waals surface area contributed by atoms with Gasteiger partial charge in [-0.15, -0.1) is 0 Å². The number of benzene rings is 1. The molecule has 0 atom stereocenters. The molecule has 0 aliphatic carbocycles. The summed E-state index contributed by atoms with van der Waals surface area (Å²) in [6, 6.07) is 8.95. The van der Waals surface area contributed by atoms with Crippen LogP contribution in [-0.2, 0) is 0 Å². The molecular weight excluding hydrogens is 325 g/mol. The summed E-state index contributed by atoms with van der Waals surface area (Å²) in [7, 11) is 0. The number of carbonyl (C=O) groups is 1. The van der Waals surface area contributed by atoms with E-state index in [1.54, 1.807) is 31.3 Å². The minimum Gasteiger partial charge on any atom is -0.435 e. The fraction of sp³-hybridized carbons (Fsp3) is 0.0588. The fourth-order valence-electron chi connectivity index (χ4n) is 2.10. The van der Waals surface area contributed by atoms with Crippen LogP contribution in [0.15, 0.2) is 48.8 Å². The third kappa shape index (κ3) is 3.86. The van der Waals surface area contributed by atoms with E-state index in [-0.39, 0.29) is 17.2 Å². The molecule has 0 bridgehead atoms. The molecule has 0 radical (unpaired) electrons. The molecule has 8 heteroatoms. The van der Waals surface area contributed by atoms with Gasteiger partial charge >= 0.3 is 0 Å². The van der Waals surface area contributed by atoms with Gasteiger partial charge in [-0.05, 0) is 37.3 Å². The number of primary amides is 1. The zero-order valence-corrected chi connectivity index (χ0v) is 13.2. The summed E-state index contributed by atoms with van der Waals surface area (Å²) in [6.07, 6.45) is 3.03. The second kappa shape index (κ2) is 6.91. The maximum Gasteiger partial charge on any atom is 0.254 e. The number of halogens is 1. The molecular formula is C17H14FN5O2. The van der Waals surface area contributed by atoms with E-state index in [1.165, 1.54) is 24.4 Å². The Morgan fingerprint density at radius 1 is 1.20 bits per heavy atom. The summed E-state index contributed by atoms with van der Waals surface area (Å²) in [5.41, 5.74) is 5.81. The second-order valence-electron chi connectivity index (χ2n) is 5.08. The zero-order valence-electron chi connectivity index (χ0n) is 13.2. The Bertz CT molecular complexity index is 932. The summed E-state index contributed by atoms with van der Waals surface area (Å²) in [5.74, 6) is -0.328. The van der Waals surface area contributed by atoms with Crippen molar-refractivity contribution in [3.63, 3.8) is 0 Å². The van der Waals surface area contributed by atoms with Gasteiger partial charge in [0.1, 0.15) is 17.2 Å². The van der Waals surface area contributed by atoms with Crippen LogP contribution in [0.2, 0.25) is 0 Å². The number of pyridine rings is 1. The quantitative estimate of drug-likeness (QED) is 0.741. The number of amides is 1. The van der Waals surface area contributed by atoms with Crippen molar-refractivity contribution >= 4 is 17.4 Å². The van der Waals surface area contributed by atoms with Gasteiger partial charge in [-0.2, -0.15) is 0 Å². The predicted octanol–water partition coefficient (Wildman–Crippen LogP) is 2.95. The van der Waals surface area contributed by atoms with Crippen LogP contribution in [0, 0.1) is 12.7 Å².